The lowest BCUT2D eigenvalue weighted by molar-refractivity contribution is -0.210. The van der Waals surface area contributed by atoms with E-state index in [0.29, 0.717) is 43.8 Å². The molecule has 0 aromatic heterocycles. The fourth-order valence-electron chi connectivity index (χ4n) is 4.69. The van der Waals surface area contributed by atoms with Gasteiger partial charge < -0.3 is 19.5 Å². The van der Waals surface area contributed by atoms with Gasteiger partial charge in [0.05, 0.1) is 13.2 Å². The summed E-state index contributed by atoms with van der Waals surface area (Å²) in [5, 5.41) is 5.31. The molecule has 1 aromatic rings. The fraction of sp³-hybridized carbons (Fsp3) is 0.529. The van der Waals surface area contributed by atoms with Crippen LogP contribution in [0.3, 0.4) is 0 Å². The second kappa shape index (κ2) is 5.18. The Morgan fingerprint density at radius 1 is 1.20 bits per heavy atom. The summed E-state index contributed by atoms with van der Waals surface area (Å²) in [7, 11) is 0. The zero-order chi connectivity index (χ0) is 17.2. The summed E-state index contributed by atoms with van der Waals surface area (Å²) in [5.74, 6) is -0.524. The number of imide groups is 1. The first-order valence-electron chi connectivity index (χ1n) is 8.41. The molecular formula is C17H17BrN2O5. The van der Waals surface area contributed by atoms with E-state index in [-0.39, 0.29) is 17.9 Å². The molecule has 3 fully saturated rings. The summed E-state index contributed by atoms with van der Waals surface area (Å²) in [6, 6.07) is 5.07. The molecule has 2 unspecified atom stereocenters. The predicted octanol–water partition coefficient (Wildman–Crippen LogP) is 1.79. The largest absolute Gasteiger partial charge is 0.489 e. The van der Waals surface area contributed by atoms with Gasteiger partial charge in [0.2, 0.25) is 0 Å². The van der Waals surface area contributed by atoms with Crippen molar-refractivity contribution in [1.29, 1.82) is 0 Å². The van der Waals surface area contributed by atoms with Crippen molar-refractivity contribution in [3.8, 4) is 5.75 Å². The summed E-state index contributed by atoms with van der Waals surface area (Å²) >= 11 is 3.45. The van der Waals surface area contributed by atoms with Crippen molar-refractivity contribution in [1.82, 2.24) is 10.6 Å². The zero-order valence-electron chi connectivity index (χ0n) is 13.3. The Hall–Kier alpha value is -1.64. The minimum Gasteiger partial charge on any atom is -0.489 e. The molecule has 0 radical (unpaired) electrons. The number of benzene rings is 1. The molecule has 1 saturated carbocycles. The van der Waals surface area contributed by atoms with Gasteiger partial charge in [-0.1, -0.05) is 15.9 Å². The number of amides is 3. The standard InChI is InChI=1S/C17H17BrN2O5/c18-9-1-2-12-11(7-9)17(14(21)19-15(22)20-17)10-3-4-16(8-13(10)25-12)23-5-6-24-16/h1-2,7,10,13H,3-6,8H2,(H2,19,20,21,22)/t10?,13-,17?/m1/s1. The van der Waals surface area contributed by atoms with Crippen LogP contribution in [0.1, 0.15) is 24.8 Å². The van der Waals surface area contributed by atoms with Crippen LogP contribution in [-0.4, -0.2) is 37.0 Å². The van der Waals surface area contributed by atoms with Gasteiger partial charge in [-0.2, -0.15) is 0 Å². The molecule has 25 heavy (non-hydrogen) atoms. The SMILES string of the molecule is O=C1NC(=O)C2(N1)c1cc(Br)ccc1O[C@@H]1CC3(CCC12)OCCO3. The summed E-state index contributed by atoms with van der Waals surface area (Å²) in [5.41, 5.74) is -0.421. The van der Waals surface area contributed by atoms with Crippen molar-refractivity contribution in [2.45, 2.75) is 36.7 Å². The van der Waals surface area contributed by atoms with Crippen molar-refractivity contribution in [2.24, 2.45) is 5.92 Å². The highest BCUT2D eigenvalue weighted by atomic mass is 79.9. The molecule has 8 heteroatoms. The highest BCUT2D eigenvalue weighted by Gasteiger charge is 2.63. The van der Waals surface area contributed by atoms with E-state index in [1.807, 2.05) is 18.2 Å². The first-order valence-corrected chi connectivity index (χ1v) is 9.20. The molecule has 1 aromatic carbocycles. The number of fused-ring (bicyclic) bond motifs is 4. The molecule has 4 aliphatic rings. The van der Waals surface area contributed by atoms with E-state index in [4.69, 9.17) is 14.2 Å². The fourth-order valence-corrected chi connectivity index (χ4v) is 5.05. The van der Waals surface area contributed by atoms with Gasteiger partial charge in [-0.05, 0) is 24.6 Å². The molecular weight excluding hydrogens is 392 g/mol. The maximum atomic E-state index is 12.9. The third-order valence-electron chi connectivity index (χ3n) is 5.71. The zero-order valence-corrected chi connectivity index (χ0v) is 14.9. The van der Waals surface area contributed by atoms with E-state index in [1.54, 1.807) is 0 Å². The summed E-state index contributed by atoms with van der Waals surface area (Å²) < 4.78 is 18.7. The minimum atomic E-state index is -1.11. The number of carbonyl (C=O) groups is 2. The average molecular weight is 409 g/mol. The van der Waals surface area contributed by atoms with Crippen molar-refractivity contribution >= 4 is 27.9 Å². The lowest BCUT2D eigenvalue weighted by Gasteiger charge is -2.50. The predicted molar refractivity (Wildman–Crippen MR) is 88.9 cm³/mol. The number of carbonyl (C=O) groups excluding carboxylic acids is 2. The maximum Gasteiger partial charge on any atom is 0.322 e. The lowest BCUT2D eigenvalue weighted by Crippen LogP contribution is -2.61. The van der Waals surface area contributed by atoms with Crippen LogP contribution in [0.25, 0.3) is 0 Å². The number of urea groups is 1. The third-order valence-corrected chi connectivity index (χ3v) is 6.20. The van der Waals surface area contributed by atoms with Gasteiger partial charge in [-0.25, -0.2) is 4.79 Å². The van der Waals surface area contributed by atoms with E-state index in [1.165, 1.54) is 0 Å². The molecule has 2 N–H and O–H groups in total. The Balaban J connectivity index is 1.63. The van der Waals surface area contributed by atoms with Crippen LogP contribution in [-0.2, 0) is 19.8 Å². The van der Waals surface area contributed by atoms with E-state index in [0.717, 1.165) is 4.47 Å². The molecule has 0 bridgehead atoms. The monoisotopic (exact) mass is 408 g/mol. The normalized spacial score (nSPS) is 35.1. The van der Waals surface area contributed by atoms with Crippen molar-refractivity contribution in [3.05, 3.63) is 28.2 Å². The second-order valence-electron chi connectivity index (χ2n) is 6.97. The van der Waals surface area contributed by atoms with E-state index in [2.05, 4.69) is 26.6 Å². The van der Waals surface area contributed by atoms with E-state index < -0.39 is 17.4 Å². The Morgan fingerprint density at radius 2 is 2.00 bits per heavy atom. The smallest absolute Gasteiger partial charge is 0.322 e. The number of rotatable bonds is 0. The highest BCUT2D eigenvalue weighted by molar-refractivity contribution is 9.10. The van der Waals surface area contributed by atoms with Gasteiger partial charge in [0.1, 0.15) is 11.9 Å². The van der Waals surface area contributed by atoms with Crippen LogP contribution in [0, 0.1) is 5.92 Å². The van der Waals surface area contributed by atoms with E-state index in [9.17, 15) is 9.59 Å². The number of nitrogens with one attached hydrogen (secondary N) is 2. The van der Waals surface area contributed by atoms with Crippen molar-refractivity contribution < 1.29 is 23.8 Å². The van der Waals surface area contributed by atoms with Crippen LogP contribution < -0.4 is 15.4 Å². The molecule has 3 heterocycles. The Morgan fingerprint density at radius 3 is 2.72 bits per heavy atom. The number of hydrogen-bond donors (Lipinski definition) is 2. The van der Waals surface area contributed by atoms with Crippen molar-refractivity contribution in [2.75, 3.05) is 13.2 Å². The topological polar surface area (TPSA) is 85.9 Å². The summed E-state index contributed by atoms with van der Waals surface area (Å²) in [4.78, 5) is 24.9. The Bertz CT molecular complexity index is 778. The highest BCUT2D eigenvalue weighted by Crippen LogP contribution is 2.53. The van der Waals surface area contributed by atoms with Crippen LogP contribution in [0.2, 0.25) is 0 Å². The van der Waals surface area contributed by atoms with E-state index >= 15 is 0 Å². The molecule has 5 rings (SSSR count). The average Bonchev–Trinajstić information content (AvgIpc) is 3.14. The lowest BCUT2D eigenvalue weighted by atomic mass is 9.66. The quantitative estimate of drug-likeness (QED) is 0.639. The third kappa shape index (κ3) is 2.10. The van der Waals surface area contributed by atoms with Gasteiger partial charge in [0, 0.05) is 28.8 Å². The van der Waals surface area contributed by atoms with Crippen LogP contribution >= 0.6 is 15.9 Å². The molecule has 3 amide bonds. The first kappa shape index (κ1) is 15.6. The maximum absolute atomic E-state index is 12.9. The molecule has 1 aliphatic carbocycles. The van der Waals surface area contributed by atoms with Gasteiger partial charge in [-0.3, -0.25) is 10.1 Å². The van der Waals surface area contributed by atoms with Crippen LogP contribution in [0.15, 0.2) is 22.7 Å². The van der Waals surface area contributed by atoms with Gasteiger partial charge >= 0.3 is 6.03 Å². The van der Waals surface area contributed by atoms with Gasteiger partial charge in [0.25, 0.3) is 5.91 Å². The first-order chi connectivity index (χ1) is 12.0. The minimum absolute atomic E-state index is 0.181. The second-order valence-corrected chi connectivity index (χ2v) is 7.89. The molecule has 3 atom stereocenters. The Labute approximate surface area is 152 Å². The van der Waals surface area contributed by atoms with Gasteiger partial charge in [0.15, 0.2) is 11.3 Å². The molecule has 7 nitrogen and oxygen atoms in total. The number of halogens is 1. The van der Waals surface area contributed by atoms with Crippen molar-refractivity contribution in [3.63, 3.8) is 0 Å². The van der Waals surface area contributed by atoms with Crippen LogP contribution in [0.5, 0.6) is 5.75 Å². The summed E-state index contributed by atoms with van der Waals surface area (Å²) in [6.45, 7) is 1.15. The van der Waals surface area contributed by atoms with Gasteiger partial charge in [-0.15, -0.1) is 0 Å². The molecule has 3 aliphatic heterocycles. The molecule has 2 spiro atoms. The molecule has 2 saturated heterocycles. The number of ether oxygens (including phenoxy) is 3. The molecule has 132 valence electrons. The number of hydrogen-bond acceptors (Lipinski definition) is 5. The summed E-state index contributed by atoms with van der Waals surface area (Å²) in [6.07, 6.45) is 1.60. The van der Waals surface area contributed by atoms with Crippen LogP contribution in [0.4, 0.5) is 4.79 Å². The Kier molecular flexibility index (Phi) is 3.24.